The van der Waals surface area contributed by atoms with Gasteiger partial charge in [0, 0.05) is 0 Å². The van der Waals surface area contributed by atoms with E-state index in [0.29, 0.717) is 16.7 Å². The van der Waals surface area contributed by atoms with E-state index in [-0.39, 0.29) is 16.2 Å². The molecule has 0 aromatic heterocycles. The van der Waals surface area contributed by atoms with Crippen LogP contribution in [0, 0.1) is 13.8 Å². The topological polar surface area (TPSA) is 109 Å². The van der Waals surface area contributed by atoms with Gasteiger partial charge in [-0.05, 0) is 49.1 Å². The van der Waals surface area contributed by atoms with Crippen LogP contribution in [-0.4, -0.2) is 25.9 Å². The molecule has 0 fully saturated rings. The summed E-state index contributed by atoms with van der Waals surface area (Å²) in [5, 5.41) is 0. The van der Waals surface area contributed by atoms with Gasteiger partial charge in [-0.2, -0.15) is 16.8 Å². The summed E-state index contributed by atoms with van der Waals surface area (Å²) < 4.78 is 64.2. The lowest BCUT2D eigenvalue weighted by atomic mass is 10.0. The van der Waals surface area contributed by atoms with Crippen LogP contribution in [0.3, 0.4) is 0 Å². The van der Waals surface area contributed by atoms with Crippen molar-refractivity contribution in [2.45, 2.75) is 30.1 Å². The molecule has 0 bridgehead atoms. The molecule has 2 aromatic carbocycles. The Balaban J connectivity index is 2.57. The lowest BCUT2D eigenvalue weighted by Gasteiger charge is -2.12. The van der Waals surface area contributed by atoms with Gasteiger partial charge in [0.05, 0.1) is 4.90 Å². The minimum atomic E-state index is -4.41. The normalized spacial score (nSPS) is 12.3. The summed E-state index contributed by atoms with van der Waals surface area (Å²) in [4.78, 5) is -0.451. The first-order chi connectivity index (χ1) is 10.5. The van der Waals surface area contributed by atoms with Crippen LogP contribution in [0.1, 0.15) is 22.3 Å². The van der Waals surface area contributed by atoms with Gasteiger partial charge in [0.25, 0.3) is 20.2 Å². The zero-order valence-corrected chi connectivity index (χ0v) is 14.1. The molecule has 0 heterocycles. The van der Waals surface area contributed by atoms with E-state index in [9.17, 15) is 21.4 Å². The average Bonchev–Trinajstić information content (AvgIpc) is 2.35. The smallest absolute Gasteiger partial charge is 0.282 e. The number of hydrogen-bond acceptors (Lipinski definition) is 4. The Morgan fingerprint density at radius 2 is 1.57 bits per heavy atom. The molecule has 0 aliphatic carbocycles. The summed E-state index contributed by atoms with van der Waals surface area (Å²) in [7, 11) is -8.75. The minimum Gasteiger partial charge on any atom is -0.282 e. The molecule has 2 rings (SSSR count). The molecule has 0 unspecified atom stereocenters. The predicted molar refractivity (Wildman–Crippen MR) is 84.8 cm³/mol. The van der Waals surface area contributed by atoms with E-state index >= 15 is 0 Å². The molecule has 0 saturated heterocycles. The van der Waals surface area contributed by atoms with Crippen LogP contribution < -0.4 is 0 Å². The van der Waals surface area contributed by atoms with Gasteiger partial charge in [-0.15, -0.1) is 0 Å². The van der Waals surface area contributed by atoms with Crippen molar-refractivity contribution in [3.05, 3.63) is 58.7 Å². The van der Waals surface area contributed by atoms with Crippen LogP contribution in [0.15, 0.2) is 46.2 Å². The minimum absolute atomic E-state index is 0.0982. The second-order valence-corrected chi connectivity index (χ2v) is 8.12. The van der Waals surface area contributed by atoms with Crippen LogP contribution in [-0.2, 0) is 26.7 Å². The Morgan fingerprint density at radius 1 is 0.913 bits per heavy atom. The van der Waals surface area contributed by atoms with Gasteiger partial charge < -0.3 is 0 Å². The summed E-state index contributed by atoms with van der Waals surface area (Å²) in [6.45, 7) is 3.37. The zero-order valence-electron chi connectivity index (χ0n) is 12.5. The third kappa shape index (κ3) is 4.17. The molecule has 0 spiro atoms. The standard InChI is InChI=1S/C15H16O6S2/c1-10-6-11(2)15(23(19,20)21)13(7-10)8-12-4-3-5-14(9-12)22(16,17)18/h3-7,9H,8H2,1-2H3,(H,16,17,18)(H,19,20,21). The second kappa shape index (κ2) is 6.04. The van der Waals surface area contributed by atoms with Gasteiger partial charge in [-0.25, -0.2) is 0 Å². The van der Waals surface area contributed by atoms with Crippen molar-refractivity contribution in [2.24, 2.45) is 0 Å². The molecule has 8 heteroatoms. The molecule has 0 radical (unpaired) electrons. The summed E-state index contributed by atoms with van der Waals surface area (Å²) in [5.74, 6) is 0. The SMILES string of the molecule is Cc1cc(C)c(S(=O)(=O)O)c(Cc2cccc(S(=O)(=O)O)c2)c1. The monoisotopic (exact) mass is 356 g/mol. The first-order valence-corrected chi connectivity index (χ1v) is 9.50. The van der Waals surface area contributed by atoms with E-state index in [1.54, 1.807) is 32.0 Å². The summed E-state index contributed by atoms with van der Waals surface area (Å²) >= 11 is 0. The average molecular weight is 356 g/mol. The quantitative estimate of drug-likeness (QED) is 0.814. The van der Waals surface area contributed by atoms with Crippen LogP contribution in [0.2, 0.25) is 0 Å². The Bertz CT molecular complexity index is 959. The van der Waals surface area contributed by atoms with Gasteiger partial charge in [0.15, 0.2) is 0 Å². The molecule has 2 N–H and O–H groups in total. The number of hydrogen-bond donors (Lipinski definition) is 2. The van der Waals surface area contributed by atoms with Crippen LogP contribution in [0.5, 0.6) is 0 Å². The second-order valence-electron chi connectivity index (χ2n) is 5.34. The highest BCUT2D eigenvalue weighted by atomic mass is 32.2. The third-order valence-corrected chi connectivity index (χ3v) is 5.29. The number of aryl methyl sites for hydroxylation is 2. The lowest BCUT2D eigenvalue weighted by Crippen LogP contribution is -2.07. The predicted octanol–water partition coefficient (Wildman–Crippen LogP) is 2.39. The van der Waals surface area contributed by atoms with Gasteiger partial charge in [-0.1, -0.05) is 29.8 Å². The summed E-state index contributed by atoms with van der Waals surface area (Å²) in [6.07, 6.45) is 0.0982. The Kier molecular flexibility index (Phi) is 4.63. The van der Waals surface area contributed by atoms with Gasteiger partial charge >= 0.3 is 0 Å². The highest BCUT2D eigenvalue weighted by Gasteiger charge is 2.19. The molecule has 124 valence electrons. The van der Waals surface area contributed by atoms with Crippen molar-refractivity contribution < 1.29 is 25.9 Å². The van der Waals surface area contributed by atoms with Gasteiger partial charge in [-0.3, -0.25) is 9.11 Å². The highest BCUT2D eigenvalue weighted by molar-refractivity contribution is 7.86. The van der Waals surface area contributed by atoms with Crippen LogP contribution in [0.25, 0.3) is 0 Å². The molecule has 6 nitrogen and oxygen atoms in total. The summed E-state index contributed by atoms with van der Waals surface area (Å²) in [6, 6.07) is 8.83. The molecular formula is C15H16O6S2. The van der Waals surface area contributed by atoms with Crippen molar-refractivity contribution in [1.82, 2.24) is 0 Å². The van der Waals surface area contributed by atoms with Crippen molar-refractivity contribution in [3.63, 3.8) is 0 Å². The first kappa shape index (κ1) is 17.6. The highest BCUT2D eigenvalue weighted by Crippen LogP contribution is 2.25. The fraction of sp³-hybridized carbons (Fsp3) is 0.200. The van der Waals surface area contributed by atoms with Crippen molar-refractivity contribution in [3.8, 4) is 0 Å². The number of rotatable bonds is 4. The van der Waals surface area contributed by atoms with Crippen LogP contribution in [0.4, 0.5) is 0 Å². The Labute approximate surface area is 135 Å². The van der Waals surface area contributed by atoms with Gasteiger partial charge in [0.2, 0.25) is 0 Å². The van der Waals surface area contributed by atoms with E-state index in [1.807, 2.05) is 0 Å². The van der Waals surface area contributed by atoms with E-state index in [0.717, 1.165) is 5.56 Å². The van der Waals surface area contributed by atoms with E-state index in [4.69, 9.17) is 4.55 Å². The Hall–Kier alpha value is -1.74. The first-order valence-electron chi connectivity index (χ1n) is 6.62. The molecule has 23 heavy (non-hydrogen) atoms. The maximum Gasteiger partial charge on any atom is 0.295 e. The maximum atomic E-state index is 11.6. The molecule has 0 saturated carbocycles. The largest absolute Gasteiger partial charge is 0.295 e. The fourth-order valence-electron chi connectivity index (χ4n) is 2.58. The van der Waals surface area contributed by atoms with Crippen molar-refractivity contribution >= 4 is 20.2 Å². The third-order valence-electron chi connectivity index (χ3n) is 3.34. The molecule has 2 aromatic rings. The fourth-order valence-corrected chi connectivity index (χ4v) is 4.06. The molecule has 0 amide bonds. The number of benzene rings is 2. The lowest BCUT2D eigenvalue weighted by molar-refractivity contribution is 0.479. The molecular weight excluding hydrogens is 340 g/mol. The zero-order chi connectivity index (χ0) is 17.4. The maximum absolute atomic E-state index is 11.6. The summed E-state index contributed by atoms with van der Waals surface area (Å²) in [5.41, 5.74) is 2.08. The van der Waals surface area contributed by atoms with Gasteiger partial charge in [0.1, 0.15) is 4.90 Å². The van der Waals surface area contributed by atoms with Crippen molar-refractivity contribution in [1.29, 1.82) is 0 Å². The van der Waals surface area contributed by atoms with Crippen LogP contribution >= 0.6 is 0 Å². The molecule has 0 aliphatic heterocycles. The van der Waals surface area contributed by atoms with E-state index in [2.05, 4.69) is 0 Å². The van der Waals surface area contributed by atoms with E-state index < -0.39 is 20.2 Å². The van der Waals surface area contributed by atoms with Crippen molar-refractivity contribution in [2.75, 3.05) is 0 Å². The molecule has 0 atom stereocenters. The molecule has 0 aliphatic rings. The Morgan fingerprint density at radius 3 is 2.13 bits per heavy atom. The van der Waals surface area contributed by atoms with E-state index in [1.165, 1.54) is 18.2 Å².